The number of nitrogens with zero attached hydrogens (tertiary/aromatic N) is 3. The monoisotopic (exact) mass is 225 g/mol. The Bertz CT molecular complexity index is 325. The summed E-state index contributed by atoms with van der Waals surface area (Å²) in [6.45, 7) is 6.10. The van der Waals surface area contributed by atoms with Crippen LogP contribution in [0.4, 0.5) is 5.82 Å². The van der Waals surface area contributed by atoms with Gasteiger partial charge in [0.05, 0.1) is 5.69 Å². The van der Waals surface area contributed by atoms with E-state index >= 15 is 0 Å². The first kappa shape index (κ1) is 10.7. The molecule has 3 nitrogen and oxygen atoms in total. The Kier molecular flexibility index (Phi) is 3.10. The molecule has 15 heavy (non-hydrogen) atoms. The van der Waals surface area contributed by atoms with Gasteiger partial charge in [0, 0.05) is 18.5 Å². The molecule has 2 unspecified atom stereocenters. The first-order valence-corrected chi connectivity index (χ1v) is 5.80. The first-order chi connectivity index (χ1) is 7.16. The molecule has 0 spiro atoms. The molecule has 2 heterocycles. The number of alkyl halides is 1. The van der Waals surface area contributed by atoms with Crippen molar-refractivity contribution >= 4 is 17.4 Å². The lowest BCUT2D eigenvalue weighted by atomic mass is 10.00. The molecule has 0 N–H and O–H groups in total. The van der Waals surface area contributed by atoms with Crippen LogP contribution in [0.2, 0.25) is 0 Å². The van der Waals surface area contributed by atoms with Crippen molar-refractivity contribution in [2.24, 2.45) is 5.92 Å². The molecule has 1 aromatic rings. The Labute approximate surface area is 95.5 Å². The van der Waals surface area contributed by atoms with Crippen LogP contribution < -0.4 is 4.90 Å². The topological polar surface area (TPSA) is 29.0 Å². The second-order valence-corrected chi connectivity index (χ2v) is 4.82. The number of rotatable bonds is 1. The van der Waals surface area contributed by atoms with Gasteiger partial charge in [-0.1, -0.05) is 6.92 Å². The smallest absolute Gasteiger partial charge is 0.151 e. The Morgan fingerprint density at radius 3 is 2.80 bits per heavy atom. The second-order valence-electron chi connectivity index (χ2n) is 4.26. The van der Waals surface area contributed by atoms with Crippen molar-refractivity contribution in [3.8, 4) is 0 Å². The highest BCUT2D eigenvalue weighted by Gasteiger charge is 2.24. The normalized spacial score (nSPS) is 26.7. The molecule has 0 saturated carbocycles. The summed E-state index contributed by atoms with van der Waals surface area (Å²) in [4.78, 5) is 2.26. The maximum absolute atomic E-state index is 6.18. The third kappa shape index (κ3) is 2.40. The van der Waals surface area contributed by atoms with E-state index in [1.165, 1.54) is 0 Å². The van der Waals surface area contributed by atoms with Crippen molar-refractivity contribution in [2.75, 3.05) is 18.0 Å². The fourth-order valence-electron chi connectivity index (χ4n) is 1.89. The highest BCUT2D eigenvalue weighted by Crippen LogP contribution is 2.24. The molecule has 0 aliphatic carbocycles. The van der Waals surface area contributed by atoms with E-state index in [0.29, 0.717) is 11.3 Å². The number of piperidine rings is 1. The number of aromatic nitrogens is 2. The van der Waals surface area contributed by atoms with Gasteiger partial charge in [0.2, 0.25) is 0 Å². The third-order valence-corrected chi connectivity index (χ3v) is 3.56. The van der Waals surface area contributed by atoms with Gasteiger partial charge in [0.15, 0.2) is 5.82 Å². The van der Waals surface area contributed by atoms with Gasteiger partial charge < -0.3 is 4.90 Å². The number of hydrogen-bond acceptors (Lipinski definition) is 3. The van der Waals surface area contributed by atoms with Gasteiger partial charge in [-0.05, 0) is 31.4 Å². The van der Waals surface area contributed by atoms with Crippen LogP contribution in [-0.4, -0.2) is 28.7 Å². The van der Waals surface area contributed by atoms with Crippen LogP contribution in [0.5, 0.6) is 0 Å². The zero-order chi connectivity index (χ0) is 10.8. The summed E-state index contributed by atoms with van der Waals surface area (Å²) in [5.41, 5.74) is 0.957. The maximum Gasteiger partial charge on any atom is 0.151 e. The minimum atomic E-state index is 0.305. The molecule has 0 amide bonds. The summed E-state index contributed by atoms with van der Waals surface area (Å²) < 4.78 is 0. The highest BCUT2D eigenvalue weighted by atomic mass is 35.5. The summed E-state index contributed by atoms with van der Waals surface area (Å²) in [7, 11) is 0. The summed E-state index contributed by atoms with van der Waals surface area (Å²) in [5, 5.41) is 8.57. The summed E-state index contributed by atoms with van der Waals surface area (Å²) >= 11 is 6.18. The van der Waals surface area contributed by atoms with Crippen molar-refractivity contribution in [1.29, 1.82) is 0 Å². The fourth-order valence-corrected chi connectivity index (χ4v) is 2.06. The Hall–Kier alpha value is -0.830. The summed E-state index contributed by atoms with van der Waals surface area (Å²) in [6.07, 6.45) is 1.03. The largest absolute Gasteiger partial charge is 0.355 e. The molecule has 82 valence electrons. The van der Waals surface area contributed by atoms with E-state index in [-0.39, 0.29) is 0 Å². The van der Waals surface area contributed by atoms with Crippen LogP contribution in [0.3, 0.4) is 0 Å². The van der Waals surface area contributed by atoms with Gasteiger partial charge in [-0.25, -0.2) is 0 Å². The van der Waals surface area contributed by atoms with Gasteiger partial charge in [0.25, 0.3) is 0 Å². The van der Waals surface area contributed by atoms with Crippen molar-refractivity contribution in [3.63, 3.8) is 0 Å². The lowest BCUT2D eigenvalue weighted by Crippen LogP contribution is -2.40. The van der Waals surface area contributed by atoms with E-state index in [2.05, 4.69) is 22.0 Å². The van der Waals surface area contributed by atoms with Crippen LogP contribution in [0.1, 0.15) is 19.0 Å². The average Bonchev–Trinajstić information content (AvgIpc) is 2.23. The number of anilines is 1. The zero-order valence-corrected chi connectivity index (χ0v) is 9.91. The molecule has 0 bridgehead atoms. The van der Waals surface area contributed by atoms with E-state index in [0.717, 1.165) is 31.0 Å². The predicted molar refractivity (Wildman–Crippen MR) is 62.4 cm³/mol. The van der Waals surface area contributed by atoms with E-state index in [4.69, 9.17) is 11.6 Å². The Morgan fingerprint density at radius 1 is 1.40 bits per heavy atom. The molecule has 0 aromatic carbocycles. The van der Waals surface area contributed by atoms with Crippen molar-refractivity contribution in [2.45, 2.75) is 25.6 Å². The zero-order valence-electron chi connectivity index (χ0n) is 9.15. The quantitative estimate of drug-likeness (QED) is 0.687. The molecule has 1 fully saturated rings. The first-order valence-electron chi connectivity index (χ1n) is 5.36. The highest BCUT2D eigenvalue weighted by molar-refractivity contribution is 6.20. The van der Waals surface area contributed by atoms with Crippen LogP contribution in [0, 0.1) is 12.8 Å². The molecular weight excluding hydrogens is 210 g/mol. The Balaban J connectivity index is 2.08. The SMILES string of the molecule is Cc1ccc(N2CCC(Cl)C(C)C2)nn1. The molecule has 1 aliphatic heterocycles. The van der Waals surface area contributed by atoms with Crippen LogP contribution in [0.15, 0.2) is 12.1 Å². The number of hydrogen-bond donors (Lipinski definition) is 0. The molecule has 0 radical (unpaired) electrons. The van der Waals surface area contributed by atoms with Gasteiger partial charge in [-0.15, -0.1) is 16.7 Å². The van der Waals surface area contributed by atoms with E-state index < -0.39 is 0 Å². The Morgan fingerprint density at radius 2 is 2.20 bits per heavy atom. The van der Waals surface area contributed by atoms with E-state index in [9.17, 15) is 0 Å². The molecule has 1 aliphatic rings. The number of halogens is 1. The molecule has 4 heteroatoms. The lowest BCUT2D eigenvalue weighted by Gasteiger charge is -2.34. The minimum Gasteiger partial charge on any atom is -0.355 e. The van der Waals surface area contributed by atoms with Gasteiger partial charge in [0.1, 0.15) is 0 Å². The standard InChI is InChI=1S/C11H16ClN3/c1-8-7-15(6-5-10(8)12)11-4-3-9(2)13-14-11/h3-4,8,10H,5-7H2,1-2H3. The predicted octanol–water partition coefficient (Wildman–Crippen LogP) is 2.24. The van der Waals surface area contributed by atoms with Gasteiger partial charge >= 0.3 is 0 Å². The molecule has 1 saturated heterocycles. The van der Waals surface area contributed by atoms with Crippen LogP contribution >= 0.6 is 11.6 Å². The van der Waals surface area contributed by atoms with Crippen molar-refractivity contribution in [1.82, 2.24) is 10.2 Å². The van der Waals surface area contributed by atoms with Crippen LogP contribution in [-0.2, 0) is 0 Å². The molecule has 1 aromatic heterocycles. The minimum absolute atomic E-state index is 0.305. The van der Waals surface area contributed by atoms with E-state index in [1.807, 2.05) is 19.1 Å². The van der Waals surface area contributed by atoms with Crippen LogP contribution in [0.25, 0.3) is 0 Å². The average molecular weight is 226 g/mol. The van der Waals surface area contributed by atoms with Gasteiger partial charge in [-0.3, -0.25) is 0 Å². The van der Waals surface area contributed by atoms with Gasteiger partial charge in [-0.2, -0.15) is 5.10 Å². The lowest BCUT2D eigenvalue weighted by molar-refractivity contribution is 0.451. The second kappa shape index (κ2) is 4.35. The molecular formula is C11H16ClN3. The van der Waals surface area contributed by atoms with E-state index in [1.54, 1.807) is 0 Å². The van der Waals surface area contributed by atoms with Crippen molar-refractivity contribution in [3.05, 3.63) is 17.8 Å². The maximum atomic E-state index is 6.18. The third-order valence-electron chi connectivity index (χ3n) is 2.91. The number of aryl methyl sites for hydroxylation is 1. The molecule has 2 atom stereocenters. The fraction of sp³-hybridized carbons (Fsp3) is 0.636. The van der Waals surface area contributed by atoms with Crippen molar-refractivity contribution < 1.29 is 0 Å². The summed E-state index contributed by atoms with van der Waals surface area (Å²) in [5.74, 6) is 1.49. The summed E-state index contributed by atoms with van der Waals surface area (Å²) in [6, 6.07) is 4.03. The molecule has 2 rings (SSSR count).